The molecule has 3 rings (SSSR count). The van der Waals surface area contributed by atoms with Crippen LogP contribution in [0.4, 0.5) is 10.1 Å². The van der Waals surface area contributed by atoms with E-state index in [1.54, 1.807) is 19.1 Å². The molecular formula is C16H14FN3OS. The smallest absolute Gasteiger partial charge is 0.234 e. The van der Waals surface area contributed by atoms with Crippen molar-refractivity contribution in [3.05, 3.63) is 53.8 Å². The lowest BCUT2D eigenvalue weighted by Gasteiger charge is -2.05. The minimum absolute atomic E-state index is 0.200. The van der Waals surface area contributed by atoms with Crippen LogP contribution >= 0.6 is 11.8 Å². The summed E-state index contributed by atoms with van der Waals surface area (Å²) < 4.78 is 13.4. The number of halogens is 1. The average Bonchev–Trinajstić information content (AvgIpc) is 2.92. The number of anilines is 1. The Balaban J connectivity index is 1.60. The van der Waals surface area contributed by atoms with Gasteiger partial charge in [0.15, 0.2) is 5.16 Å². The van der Waals surface area contributed by atoms with Gasteiger partial charge in [-0.3, -0.25) is 4.79 Å². The molecule has 112 valence electrons. The summed E-state index contributed by atoms with van der Waals surface area (Å²) in [5.41, 5.74) is 2.81. The topological polar surface area (TPSA) is 57.8 Å². The van der Waals surface area contributed by atoms with Gasteiger partial charge in [-0.15, -0.1) is 0 Å². The highest BCUT2D eigenvalue weighted by Crippen LogP contribution is 2.20. The minimum Gasteiger partial charge on any atom is -0.333 e. The lowest BCUT2D eigenvalue weighted by molar-refractivity contribution is -0.113. The first kappa shape index (κ1) is 14.6. The van der Waals surface area contributed by atoms with E-state index in [1.165, 1.54) is 17.8 Å². The molecule has 0 unspecified atom stereocenters. The summed E-state index contributed by atoms with van der Waals surface area (Å²) in [6.45, 7) is 1.68. The summed E-state index contributed by atoms with van der Waals surface area (Å²) in [6.07, 6.45) is 0. The molecule has 1 heterocycles. The third-order valence-electron chi connectivity index (χ3n) is 3.16. The third-order valence-corrected chi connectivity index (χ3v) is 4.04. The Morgan fingerprint density at radius 1 is 1.32 bits per heavy atom. The quantitative estimate of drug-likeness (QED) is 0.721. The Kier molecular flexibility index (Phi) is 4.11. The molecule has 4 nitrogen and oxygen atoms in total. The molecule has 6 heteroatoms. The molecule has 0 bridgehead atoms. The first-order valence-electron chi connectivity index (χ1n) is 6.75. The molecule has 1 amide bonds. The first-order chi connectivity index (χ1) is 10.6. The number of imidazole rings is 1. The number of benzene rings is 2. The molecular weight excluding hydrogens is 301 g/mol. The number of nitrogens with zero attached hydrogens (tertiary/aromatic N) is 1. The molecule has 0 saturated heterocycles. The fourth-order valence-electron chi connectivity index (χ4n) is 2.00. The fraction of sp³-hybridized carbons (Fsp3) is 0.125. The van der Waals surface area contributed by atoms with Crippen LogP contribution in [0.5, 0.6) is 0 Å². The zero-order valence-electron chi connectivity index (χ0n) is 11.9. The van der Waals surface area contributed by atoms with E-state index in [4.69, 9.17) is 0 Å². The highest BCUT2D eigenvalue weighted by atomic mass is 32.2. The zero-order chi connectivity index (χ0) is 15.5. The lowest BCUT2D eigenvalue weighted by Crippen LogP contribution is -2.14. The molecule has 2 aromatic carbocycles. The highest BCUT2D eigenvalue weighted by molar-refractivity contribution is 7.99. The third kappa shape index (κ3) is 3.28. The molecule has 0 aliphatic rings. The van der Waals surface area contributed by atoms with E-state index < -0.39 is 0 Å². The van der Waals surface area contributed by atoms with Gasteiger partial charge in [0.2, 0.25) is 5.91 Å². The van der Waals surface area contributed by atoms with Gasteiger partial charge in [0, 0.05) is 5.69 Å². The number of amides is 1. The first-order valence-corrected chi connectivity index (χ1v) is 7.74. The molecule has 0 aliphatic carbocycles. The number of carbonyl (C=O) groups is 1. The number of hydrogen-bond donors (Lipinski definition) is 2. The van der Waals surface area contributed by atoms with E-state index in [1.807, 2.05) is 24.3 Å². The van der Waals surface area contributed by atoms with E-state index in [0.29, 0.717) is 16.4 Å². The second-order valence-electron chi connectivity index (χ2n) is 4.86. The van der Waals surface area contributed by atoms with Crippen molar-refractivity contribution in [2.75, 3.05) is 11.1 Å². The number of hydrogen-bond acceptors (Lipinski definition) is 3. The van der Waals surface area contributed by atoms with Gasteiger partial charge in [-0.05, 0) is 36.8 Å². The van der Waals surface area contributed by atoms with Crippen molar-refractivity contribution in [1.82, 2.24) is 9.97 Å². The average molecular weight is 315 g/mol. The van der Waals surface area contributed by atoms with Crippen LogP contribution in [0.15, 0.2) is 47.6 Å². The Morgan fingerprint density at radius 3 is 2.91 bits per heavy atom. The predicted molar refractivity (Wildman–Crippen MR) is 86.6 cm³/mol. The summed E-state index contributed by atoms with van der Waals surface area (Å²) in [7, 11) is 0. The van der Waals surface area contributed by atoms with Gasteiger partial charge in [0.05, 0.1) is 16.8 Å². The predicted octanol–water partition coefficient (Wildman–Crippen LogP) is 3.74. The molecule has 0 atom stereocenters. The molecule has 3 aromatic rings. The molecule has 0 aliphatic heterocycles. The van der Waals surface area contributed by atoms with Gasteiger partial charge >= 0.3 is 0 Å². The highest BCUT2D eigenvalue weighted by Gasteiger charge is 2.08. The molecule has 0 saturated carbocycles. The van der Waals surface area contributed by atoms with E-state index in [-0.39, 0.29) is 17.5 Å². The monoisotopic (exact) mass is 315 g/mol. The van der Waals surface area contributed by atoms with E-state index in [0.717, 1.165) is 11.0 Å². The van der Waals surface area contributed by atoms with Crippen LogP contribution in [0.1, 0.15) is 5.56 Å². The molecule has 0 radical (unpaired) electrons. The van der Waals surface area contributed by atoms with Gasteiger partial charge in [0.1, 0.15) is 5.82 Å². The fourth-order valence-corrected chi connectivity index (χ4v) is 2.68. The van der Waals surface area contributed by atoms with Crippen molar-refractivity contribution in [3.8, 4) is 0 Å². The SMILES string of the molecule is Cc1ccc(NC(=O)CSc2nc3ccccc3[nH]2)cc1F. The van der Waals surface area contributed by atoms with Crippen molar-refractivity contribution >= 4 is 34.4 Å². The van der Waals surface area contributed by atoms with Gasteiger partial charge in [-0.1, -0.05) is 30.0 Å². The number of H-pyrrole nitrogens is 1. The number of nitrogens with one attached hydrogen (secondary N) is 2. The molecule has 0 fully saturated rings. The number of rotatable bonds is 4. The molecule has 1 aromatic heterocycles. The zero-order valence-corrected chi connectivity index (χ0v) is 12.7. The lowest BCUT2D eigenvalue weighted by atomic mass is 10.2. The molecule has 2 N–H and O–H groups in total. The van der Waals surface area contributed by atoms with E-state index >= 15 is 0 Å². The van der Waals surface area contributed by atoms with Crippen molar-refractivity contribution in [2.45, 2.75) is 12.1 Å². The van der Waals surface area contributed by atoms with Gasteiger partial charge < -0.3 is 10.3 Å². The van der Waals surface area contributed by atoms with Crippen LogP contribution in [-0.2, 0) is 4.79 Å². The number of aryl methyl sites for hydroxylation is 1. The van der Waals surface area contributed by atoms with Crippen LogP contribution in [0, 0.1) is 12.7 Å². The van der Waals surface area contributed by atoms with Crippen molar-refractivity contribution < 1.29 is 9.18 Å². The van der Waals surface area contributed by atoms with E-state index in [9.17, 15) is 9.18 Å². The second kappa shape index (κ2) is 6.19. The summed E-state index contributed by atoms with van der Waals surface area (Å²) >= 11 is 1.31. The number of aromatic amines is 1. The van der Waals surface area contributed by atoms with Gasteiger partial charge in [0.25, 0.3) is 0 Å². The van der Waals surface area contributed by atoms with Crippen LogP contribution < -0.4 is 5.32 Å². The van der Waals surface area contributed by atoms with Crippen molar-refractivity contribution in [3.63, 3.8) is 0 Å². The van der Waals surface area contributed by atoms with Crippen LogP contribution in [0.25, 0.3) is 11.0 Å². The van der Waals surface area contributed by atoms with Crippen LogP contribution in [-0.4, -0.2) is 21.6 Å². The standard InChI is InChI=1S/C16H14FN3OS/c1-10-6-7-11(8-12(10)17)18-15(21)9-22-16-19-13-4-2-3-5-14(13)20-16/h2-8H,9H2,1H3,(H,18,21)(H,19,20). The van der Waals surface area contributed by atoms with Crippen LogP contribution in [0.3, 0.4) is 0 Å². The van der Waals surface area contributed by atoms with Gasteiger partial charge in [-0.25, -0.2) is 9.37 Å². The summed E-state index contributed by atoms with van der Waals surface area (Å²) in [4.78, 5) is 19.4. The summed E-state index contributed by atoms with van der Waals surface area (Å²) in [5, 5.41) is 3.36. The Labute approximate surface area is 131 Å². The number of para-hydroxylation sites is 2. The second-order valence-corrected chi connectivity index (χ2v) is 5.82. The number of aromatic nitrogens is 2. The largest absolute Gasteiger partial charge is 0.333 e. The van der Waals surface area contributed by atoms with E-state index in [2.05, 4.69) is 15.3 Å². The number of fused-ring (bicyclic) bond motifs is 1. The summed E-state index contributed by atoms with van der Waals surface area (Å²) in [6, 6.07) is 12.3. The Morgan fingerprint density at radius 2 is 2.14 bits per heavy atom. The maximum Gasteiger partial charge on any atom is 0.234 e. The number of carbonyl (C=O) groups excluding carboxylic acids is 1. The molecule has 0 spiro atoms. The van der Waals surface area contributed by atoms with Crippen molar-refractivity contribution in [1.29, 1.82) is 0 Å². The Bertz CT molecular complexity index is 798. The molecule has 22 heavy (non-hydrogen) atoms. The van der Waals surface area contributed by atoms with Crippen molar-refractivity contribution in [2.24, 2.45) is 0 Å². The van der Waals surface area contributed by atoms with Crippen LogP contribution in [0.2, 0.25) is 0 Å². The minimum atomic E-state index is -0.331. The Hall–Kier alpha value is -2.34. The maximum atomic E-state index is 13.4. The number of thioether (sulfide) groups is 1. The summed E-state index contributed by atoms with van der Waals surface area (Å²) in [5.74, 6) is -0.327. The maximum absolute atomic E-state index is 13.4. The normalized spacial score (nSPS) is 10.8. The van der Waals surface area contributed by atoms with Gasteiger partial charge in [-0.2, -0.15) is 0 Å².